The van der Waals surface area contributed by atoms with Gasteiger partial charge in [-0.1, -0.05) is 23.2 Å². The normalized spacial score (nSPS) is 11.0. The maximum Gasteiger partial charge on any atom is 0.264 e. The highest BCUT2D eigenvalue weighted by Crippen LogP contribution is 2.25. The molecular weight excluding hydrogens is 213 g/mol. The third-order valence-electron chi connectivity index (χ3n) is 1.46. The second-order valence-corrected chi connectivity index (χ2v) is 3.43. The Labute approximate surface area is 83.9 Å². The average Bonchev–Trinajstić information content (AvgIpc) is 2.75. The van der Waals surface area contributed by atoms with Crippen LogP contribution in [-0.2, 0) is 0 Å². The Morgan fingerprint density at radius 2 is 2.23 bits per heavy atom. The molecule has 0 saturated carbocycles. The van der Waals surface area contributed by atoms with E-state index in [1.54, 1.807) is 6.20 Å². The molecule has 2 aromatic heterocycles. The van der Waals surface area contributed by atoms with Crippen molar-refractivity contribution < 1.29 is 4.42 Å². The molecule has 0 amide bonds. The highest BCUT2D eigenvalue weighted by atomic mass is 35.5. The number of aromatic nitrogens is 3. The zero-order valence-corrected chi connectivity index (χ0v) is 7.88. The molecule has 2 heterocycles. The number of hydrogen-bond acceptors (Lipinski definition) is 3. The van der Waals surface area contributed by atoms with E-state index in [0.717, 1.165) is 5.69 Å². The lowest BCUT2D eigenvalue weighted by molar-refractivity contribution is 0.522. The zero-order chi connectivity index (χ0) is 9.26. The van der Waals surface area contributed by atoms with Crippen molar-refractivity contribution in [1.82, 2.24) is 15.2 Å². The first kappa shape index (κ1) is 8.59. The van der Waals surface area contributed by atoms with Gasteiger partial charge < -0.3 is 9.40 Å². The SMILES string of the molecule is ClC(Cl)c1nnc(-c2ccc[nH]2)o1. The molecule has 4 nitrogen and oxygen atoms in total. The summed E-state index contributed by atoms with van der Waals surface area (Å²) in [5, 5.41) is 7.43. The fourth-order valence-electron chi connectivity index (χ4n) is 0.895. The maximum atomic E-state index is 5.54. The van der Waals surface area contributed by atoms with E-state index < -0.39 is 4.84 Å². The first-order chi connectivity index (χ1) is 6.27. The van der Waals surface area contributed by atoms with E-state index in [9.17, 15) is 0 Å². The first-order valence-electron chi connectivity index (χ1n) is 3.52. The molecule has 1 N–H and O–H groups in total. The van der Waals surface area contributed by atoms with Crippen LogP contribution in [0.15, 0.2) is 22.7 Å². The van der Waals surface area contributed by atoms with Crippen LogP contribution >= 0.6 is 23.2 Å². The molecule has 0 aliphatic carbocycles. The van der Waals surface area contributed by atoms with Gasteiger partial charge in [0.1, 0.15) is 5.69 Å². The lowest BCUT2D eigenvalue weighted by atomic mass is 10.4. The van der Waals surface area contributed by atoms with Gasteiger partial charge in [0.2, 0.25) is 5.89 Å². The number of aromatic amines is 1. The largest absolute Gasteiger partial charge is 0.416 e. The van der Waals surface area contributed by atoms with Gasteiger partial charge in [0, 0.05) is 6.20 Å². The highest BCUT2D eigenvalue weighted by Gasteiger charge is 2.13. The molecule has 0 fully saturated rings. The topological polar surface area (TPSA) is 54.7 Å². The van der Waals surface area contributed by atoms with E-state index in [-0.39, 0.29) is 5.89 Å². The van der Waals surface area contributed by atoms with E-state index >= 15 is 0 Å². The molecule has 2 rings (SSSR count). The molecule has 13 heavy (non-hydrogen) atoms. The third kappa shape index (κ3) is 1.68. The summed E-state index contributed by atoms with van der Waals surface area (Å²) in [7, 11) is 0. The van der Waals surface area contributed by atoms with Gasteiger partial charge in [-0.3, -0.25) is 0 Å². The first-order valence-corrected chi connectivity index (χ1v) is 4.40. The van der Waals surface area contributed by atoms with Gasteiger partial charge in [0.25, 0.3) is 5.89 Å². The van der Waals surface area contributed by atoms with Crippen LogP contribution in [0.5, 0.6) is 0 Å². The van der Waals surface area contributed by atoms with Crippen LogP contribution in [0.3, 0.4) is 0 Å². The molecule has 0 radical (unpaired) electrons. The number of H-pyrrole nitrogens is 1. The quantitative estimate of drug-likeness (QED) is 0.788. The van der Waals surface area contributed by atoms with Crippen LogP contribution in [0.4, 0.5) is 0 Å². The van der Waals surface area contributed by atoms with Gasteiger partial charge in [-0.15, -0.1) is 10.2 Å². The molecule has 0 spiro atoms. The summed E-state index contributed by atoms with van der Waals surface area (Å²) in [6, 6.07) is 3.65. The van der Waals surface area contributed by atoms with Crippen molar-refractivity contribution in [1.29, 1.82) is 0 Å². The number of alkyl halides is 2. The number of nitrogens with one attached hydrogen (secondary N) is 1. The lowest BCUT2D eigenvalue weighted by Crippen LogP contribution is -1.78. The van der Waals surface area contributed by atoms with Crippen LogP contribution in [0, 0.1) is 0 Å². The second kappa shape index (κ2) is 3.40. The van der Waals surface area contributed by atoms with Crippen LogP contribution in [0.1, 0.15) is 10.7 Å². The smallest absolute Gasteiger partial charge is 0.264 e. The van der Waals surface area contributed by atoms with Crippen LogP contribution in [-0.4, -0.2) is 15.2 Å². The van der Waals surface area contributed by atoms with Crippen molar-refractivity contribution in [3.05, 3.63) is 24.2 Å². The minimum atomic E-state index is -0.781. The molecule has 0 aliphatic rings. The summed E-state index contributed by atoms with van der Waals surface area (Å²) >= 11 is 11.1. The van der Waals surface area contributed by atoms with Crippen molar-refractivity contribution in [2.24, 2.45) is 0 Å². The number of nitrogens with zero attached hydrogens (tertiary/aromatic N) is 2. The fraction of sp³-hybridized carbons (Fsp3) is 0.143. The Morgan fingerprint density at radius 1 is 1.38 bits per heavy atom. The van der Waals surface area contributed by atoms with Crippen molar-refractivity contribution in [2.75, 3.05) is 0 Å². The van der Waals surface area contributed by atoms with Gasteiger partial charge in [-0.05, 0) is 12.1 Å². The minimum Gasteiger partial charge on any atom is -0.416 e. The van der Waals surface area contributed by atoms with Crippen LogP contribution in [0.2, 0.25) is 0 Å². The minimum absolute atomic E-state index is 0.202. The van der Waals surface area contributed by atoms with E-state index in [4.69, 9.17) is 27.6 Å². The van der Waals surface area contributed by atoms with Crippen molar-refractivity contribution in [2.45, 2.75) is 4.84 Å². The fourth-order valence-corrected chi connectivity index (χ4v) is 1.07. The molecule has 68 valence electrons. The average molecular weight is 218 g/mol. The monoisotopic (exact) mass is 217 g/mol. The summed E-state index contributed by atoms with van der Waals surface area (Å²) < 4.78 is 5.17. The summed E-state index contributed by atoms with van der Waals surface area (Å²) in [6.07, 6.45) is 1.76. The molecule has 0 unspecified atom stereocenters. The Kier molecular flexibility index (Phi) is 2.24. The van der Waals surface area contributed by atoms with E-state index in [1.807, 2.05) is 12.1 Å². The molecule has 2 aromatic rings. The standard InChI is InChI=1S/C7H5Cl2N3O/c8-5(9)7-12-11-6(13-7)4-2-1-3-10-4/h1-3,5,10H. The predicted molar refractivity (Wildman–Crippen MR) is 48.5 cm³/mol. The zero-order valence-electron chi connectivity index (χ0n) is 6.37. The maximum absolute atomic E-state index is 5.54. The summed E-state index contributed by atoms with van der Waals surface area (Å²) in [5.41, 5.74) is 0.743. The van der Waals surface area contributed by atoms with Crippen molar-refractivity contribution in [3.63, 3.8) is 0 Å². The highest BCUT2D eigenvalue weighted by molar-refractivity contribution is 6.43. The molecule has 0 aliphatic heterocycles. The summed E-state index contributed by atoms with van der Waals surface area (Å²) in [4.78, 5) is 2.14. The predicted octanol–water partition coefficient (Wildman–Crippen LogP) is 2.54. The van der Waals surface area contributed by atoms with Gasteiger partial charge in [0.05, 0.1) is 0 Å². The number of rotatable bonds is 2. The lowest BCUT2D eigenvalue weighted by Gasteiger charge is -1.89. The Morgan fingerprint density at radius 3 is 2.77 bits per heavy atom. The van der Waals surface area contributed by atoms with Crippen molar-refractivity contribution >= 4 is 23.2 Å². The third-order valence-corrected chi connectivity index (χ3v) is 1.83. The van der Waals surface area contributed by atoms with Gasteiger partial charge in [-0.2, -0.15) is 0 Å². The molecule has 0 bridgehead atoms. The Hall–Kier alpha value is -1.00. The Bertz CT molecular complexity index is 382. The number of hydrogen-bond donors (Lipinski definition) is 1. The number of halogens is 2. The van der Waals surface area contributed by atoms with Gasteiger partial charge in [0.15, 0.2) is 4.84 Å². The Balaban J connectivity index is 2.33. The summed E-state index contributed by atoms with van der Waals surface area (Å²) in [5.74, 6) is 0.583. The van der Waals surface area contributed by atoms with Gasteiger partial charge in [-0.25, -0.2) is 0 Å². The molecule has 0 aromatic carbocycles. The van der Waals surface area contributed by atoms with Crippen LogP contribution < -0.4 is 0 Å². The molecule has 0 saturated heterocycles. The van der Waals surface area contributed by atoms with Crippen molar-refractivity contribution in [3.8, 4) is 11.6 Å². The summed E-state index contributed by atoms with van der Waals surface area (Å²) in [6.45, 7) is 0. The molecule has 0 atom stereocenters. The van der Waals surface area contributed by atoms with E-state index in [1.165, 1.54) is 0 Å². The van der Waals surface area contributed by atoms with E-state index in [2.05, 4.69) is 15.2 Å². The second-order valence-electron chi connectivity index (χ2n) is 2.33. The molecular formula is C7H5Cl2N3O. The molecule has 6 heteroatoms. The van der Waals surface area contributed by atoms with E-state index in [0.29, 0.717) is 5.89 Å². The van der Waals surface area contributed by atoms with Crippen LogP contribution in [0.25, 0.3) is 11.6 Å². The van der Waals surface area contributed by atoms with Gasteiger partial charge >= 0.3 is 0 Å².